The summed E-state index contributed by atoms with van der Waals surface area (Å²) in [6, 6.07) is 5.04. The van der Waals surface area contributed by atoms with E-state index in [0.29, 0.717) is 24.2 Å². The summed E-state index contributed by atoms with van der Waals surface area (Å²) in [5.41, 5.74) is 0.430. The predicted octanol–water partition coefficient (Wildman–Crippen LogP) is 1.30. The number of carbonyl (C=O) groups is 1. The molecule has 2 unspecified atom stereocenters. The fourth-order valence-electron chi connectivity index (χ4n) is 2.63. The van der Waals surface area contributed by atoms with Crippen LogP contribution in [0.2, 0.25) is 0 Å². The average molecular weight is 278 g/mol. The third-order valence-corrected chi connectivity index (χ3v) is 4.10. The van der Waals surface area contributed by atoms with Crippen molar-refractivity contribution in [1.82, 2.24) is 9.80 Å². The van der Waals surface area contributed by atoms with Crippen molar-refractivity contribution in [2.24, 2.45) is 0 Å². The normalized spacial score (nSPS) is 24.8. The molecule has 1 aromatic rings. The van der Waals surface area contributed by atoms with E-state index in [1.165, 1.54) is 12.1 Å². The Hall–Kier alpha value is -1.59. The van der Waals surface area contributed by atoms with Crippen LogP contribution < -0.4 is 0 Å². The second-order valence-corrected chi connectivity index (χ2v) is 5.68. The molecule has 1 aliphatic heterocycles. The number of benzene rings is 1. The molecule has 5 nitrogen and oxygen atoms in total. The van der Waals surface area contributed by atoms with Crippen molar-refractivity contribution >= 4 is 5.78 Å². The van der Waals surface area contributed by atoms with E-state index in [1.54, 1.807) is 6.07 Å². The van der Waals surface area contributed by atoms with Crippen LogP contribution >= 0.6 is 0 Å². The number of hydrogen-bond donors (Lipinski definition) is 2. The third kappa shape index (κ3) is 3.11. The summed E-state index contributed by atoms with van der Waals surface area (Å²) in [6.45, 7) is 6.36. The predicted molar refractivity (Wildman–Crippen MR) is 77.2 cm³/mol. The highest BCUT2D eigenvalue weighted by Crippen LogP contribution is 2.25. The Morgan fingerprint density at radius 3 is 2.35 bits per heavy atom. The van der Waals surface area contributed by atoms with E-state index in [0.717, 1.165) is 13.1 Å². The maximum Gasteiger partial charge on any atom is 0.176 e. The summed E-state index contributed by atoms with van der Waals surface area (Å²) in [7, 11) is 2.10. The van der Waals surface area contributed by atoms with E-state index < -0.39 is 0 Å². The number of rotatable bonds is 3. The summed E-state index contributed by atoms with van der Waals surface area (Å²) >= 11 is 0. The summed E-state index contributed by atoms with van der Waals surface area (Å²) in [6.07, 6.45) is 0. The molecule has 1 heterocycles. The van der Waals surface area contributed by atoms with Gasteiger partial charge in [-0.05, 0) is 39.1 Å². The van der Waals surface area contributed by atoms with E-state index in [9.17, 15) is 15.0 Å². The molecule has 0 aromatic heterocycles. The maximum atomic E-state index is 12.2. The minimum absolute atomic E-state index is 0.0377. The molecule has 0 bridgehead atoms. The van der Waals surface area contributed by atoms with Gasteiger partial charge in [0.25, 0.3) is 0 Å². The highest BCUT2D eigenvalue weighted by Gasteiger charge is 2.27. The van der Waals surface area contributed by atoms with Gasteiger partial charge in [-0.15, -0.1) is 0 Å². The number of nitrogens with zero attached hydrogens (tertiary/aromatic N) is 2. The van der Waals surface area contributed by atoms with Gasteiger partial charge in [-0.2, -0.15) is 0 Å². The van der Waals surface area contributed by atoms with Gasteiger partial charge in [-0.1, -0.05) is 0 Å². The first kappa shape index (κ1) is 14.8. The topological polar surface area (TPSA) is 64.0 Å². The molecule has 5 heteroatoms. The molecule has 0 saturated carbocycles. The Morgan fingerprint density at radius 2 is 1.80 bits per heavy atom. The largest absolute Gasteiger partial charge is 0.504 e. The third-order valence-electron chi connectivity index (χ3n) is 4.10. The van der Waals surface area contributed by atoms with Crippen molar-refractivity contribution in [3.05, 3.63) is 23.8 Å². The number of likely N-dealkylation sites (N-methyl/N-ethyl adjacent to an activating group) is 1. The van der Waals surface area contributed by atoms with Crippen LogP contribution in [0.25, 0.3) is 0 Å². The molecule has 0 amide bonds. The first-order valence-corrected chi connectivity index (χ1v) is 6.88. The second kappa shape index (κ2) is 5.81. The molecule has 2 atom stereocenters. The lowest BCUT2D eigenvalue weighted by Crippen LogP contribution is -2.55. The zero-order valence-corrected chi connectivity index (χ0v) is 12.2. The molecule has 110 valence electrons. The van der Waals surface area contributed by atoms with Gasteiger partial charge in [-0.3, -0.25) is 14.6 Å². The van der Waals surface area contributed by atoms with E-state index in [4.69, 9.17) is 0 Å². The monoisotopic (exact) mass is 278 g/mol. The van der Waals surface area contributed by atoms with Crippen molar-refractivity contribution in [2.45, 2.75) is 25.9 Å². The standard InChI is InChI=1S/C15H22N2O3/c1-10-7-17(8-11(2)16(10)3)9-15(20)12-4-5-13(18)14(19)6-12/h4-6,10-11,18-19H,7-9H2,1-3H3. The minimum Gasteiger partial charge on any atom is -0.504 e. The first-order valence-electron chi connectivity index (χ1n) is 6.88. The van der Waals surface area contributed by atoms with Crippen LogP contribution in [0.4, 0.5) is 0 Å². The number of aromatic hydroxyl groups is 2. The van der Waals surface area contributed by atoms with Crippen LogP contribution in [0.3, 0.4) is 0 Å². The van der Waals surface area contributed by atoms with Crippen LogP contribution in [0.5, 0.6) is 11.5 Å². The molecular weight excluding hydrogens is 256 g/mol. The van der Waals surface area contributed by atoms with Crippen LogP contribution in [0.15, 0.2) is 18.2 Å². The number of hydrogen-bond acceptors (Lipinski definition) is 5. The molecule has 1 aromatic carbocycles. The number of piperazine rings is 1. The van der Waals surface area contributed by atoms with Gasteiger partial charge < -0.3 is 10.2 Å². The summed E-state index contributed by atoms with van der Waals surface area (Å²) in [4.78, 5) is 16.7. The number of ketones is 1. The number of phenolic OH excluding ortho intramolecular Hbond substituents is 2. The van der Waals surface area contributed by atoms with Gasteiger partial charge in [0, 0.05) is 30.7 Å². The van der Waals surface area contributed by atoms with Gasteiger partial charge in [-0.25, -0.2) is 0 Å². The Kier molecular flexibility index (Phi) is 4.30. The quantitative estimate of drug-likeness (QED) is 0.644. The fraction of sp³-hybridized carbons (Fsp3) is 0.533. The van der Waals surface area contributed by atoms with Gasteiger partial charge in [0.2, 0.25) is 0 Å². The lowest BCUT2D eigenvalue weighted by molar-refractivity contribution is 0.0549. The summed E-state index contributed by atoms with van der Waals surface area (Å²) < 4.78 is 0. The van der Waals surface area contributed by atoms with Crippen LogP contribution in [-0.4, -0.2) is 64.6 Å². The van der Waals surface area contributed by atoms with E-state index in [2.05, 4.69) is 30.7 Å². The fourth-order valence-corrected chi connectivity index (χ4v) is 2.63. The Morgan fingerprint density at radius 1 is 1.20 bits per heavy atom. The molecule has 20 heavy (non-hydrogen) atoms. The van der Waals surface area contributed by atoms with Crippen LogP contribution in [0, 0.1) is 0 Å². The Balaban J connectivity index is 2.02. The second-order valence-electron chi connectivity index (χ2n) is 5.68. The van der Waals surface area contributed by atoms with Crippen LogP contribution in [0.1, 0.15) is 24.2 Å². The van der Waals surface area contributed by atoms with Gasteiger partial charge in [0.1, 0.15) is 0 Å². The summed E-state index contributed by atoms with van der Waals surface area (Å²) in [5.74, 6) is -0.497. The Bertz CT molecular complexity index is 492. The minimum atomic E-state index is -0.254. The van der Waals surface area contributed by atoms with Crippen molar-refractivity contribution < 1.29 is 15.0 Å². The average Bonchev–Trinajstić information content (AvgIpc) is 2.39. The smallest absolute Gasteiger partial charge is 0.176 e. The molecule has 2 N–H and O–H groups in total. The lowest BCUT2D eigenvalue weighted by atomic mass is 10.1. The molecule has 0 spiro atoms. The van der Waals surface area contributed by atoms with E-state index in [-0.39, 0.29) is 17.3 Å². The molecular formula is C15H22N2O3. The molecule has 1 saturated heterocycles. The zero-order valence-electron chi connectivity index (χ0n) is 12.2. The number of Topliss-reactive ketones (excluding diaryl/α,β-unsaturated/α-hetero) is 1. The molecule has 1 aliphatic rings. The zero-order chi connectivity index (χ0) is 14.9. The SMILES string of the molecule is CC1CN(CC(=O)c2ccc(O)c(O)c2)CC(C)N1C. The van der Waals surface area contributed by atoms with Crippen LogP contribution in [-0.2, 0) is 0 Å². The lowest BCUT2D eigenvalue weighted by Gasteiger charge is -2.42. The van der Waals surface area contributed by atoms with E-state index in [1.807, 2.05) is 0 Å². The maximum absolute atomic E-state index is 12.2. The molecule has 0 radical (unpaired) electrons. The molecule has 0 aliphatic carbocycles. The first-order chi connectivity index (χ1) is 9.38. The van der Waals surface area contributed by atoms with Crippen molar-refractivity contribution in [2.75, 3.05) is 26.7 Å². The molecule has 2 rings (SSSR count). The highest BCUT2D eigenvalue weighted by atomic mass is 16.3. The van der Waals surface area contributed by atoms with Crippen molar-refractivity contribution in [3.63, 3.8) is 0 Å². The van der Waals surface area contributed by atoms with Gasteiger partial charge >= 0.3 is 0 Å². The number of carbonyl (C=O) groups excluding carboxylic acids is 1. The van der Waals surface area contributed by atoms with E-state index >= 15 is 0 Å². The Labute approximate surface area is 119 Å². The van der Waals surface area contributed by atoms with Gasteiger partial charge in [0.05, 0.1) is 6.54 Å². The van der Waals surface area contributed by atoms with Gasteiger partial charge in [0.15, 0.2) is 17.3 Å². The van der Waals surface area contributed by atoms with Crippen molar-refractivity contribution in [1.29, 1.82) is 0 Å². The summed E-state index contributed by atoms with van der Waals surface area (Å²) in [5, 5.41) is 18.7. The number of phenols is 2. The highest BCUT2D eigenvalue weighted by molar-refractivity contribution is 5.98. The van der Waals surface area contributed by atoms with Crippen molar-refractivity contribution in [3.8, 4) is 11.5 Å². The molecule has 1 fully saturated rings.